The van der Waals surface area contributed by atoms with Crippen molar-refractivity contribution in [3.05, 3.63) is 0 Å². The fraction of sp³-hybridized carbons (Fsp3) is 0.944. The smallest absolute Gasteiger partial charge is 0.126 e. The van der Waals surface area contributed by atoms with E-state index in [-0.39, 0.29) is 5.60 Å². The van der Waals surface area contributed by atoms with Crippen LogP contribution in [0.4, 0.5) is 0 Å². The molecule has 0 saturated heterocycles. The van der Waals surface area contributed by atoms with E-state index in [1.165, 1.54) is 0 Å². The van der Waals surface area contributed by atoms with Crippen LogP contribution in [0.15, 0.2) is 9.98 Å². The fourth-order valence-electron chi connectivity index (χ4n) is 3.21. The molecule has 6 heteroatoms. The van der Waals surface area contributed by atoms with Crippen LogP contribution in [0.5, 0.6) is 0 Å². The number of aliphatic imine (C=N–C) groups is 2. The maximum absolute atomic E-state index is 6.32. The molecule has 140 valence electrons. The van der Waals surface area contributed by atoms with E-state index in [1.807, 2.05) is 41.5 Å². The summed E-state index contributed by atoms with van der Waals surface area (Å²) in [5.74, 6) is 0. The second-order valence-electron chi connectivity index (χ2n) is 9.07. The van der Waals surface area contributed by atoms with Gasteiger partial charge >= 0.3 is 0 Å². The minimum atomic E-state index is -0.504. The van der Waals surface area contributed by atoms with E-state index in [2.05, 4.69) is 29.8 Å². The first kappa shape index (κ1) is 21.3. The Kier molecular flexibility index (Phi) is 6.76. The zero-order valence-electron chi connectivity index (χ0n) is 16.6. The molecule has 24 heavy (non-hydrogen) atoms. The summed E-state index contributed by atoms with van der Waals surface area (Å²) in [6, 6.07) is 2.72. The maximum Gasteiger partial charge on any atom is 0.126 e. The molecule has 1 unspecified atom stereocenters. The largest absolute Gasteiger partial charge is 0.376 e. The zero-order valence-corrected chi connectivity index (χ0v) is 16.6. The summed E-state index contributed by atoms with van der Waals surface area (Å²) >= 11 is 0. The third-order valence-electron chi connectivity index (χ3n) is 3.47. The molecule has 0 aromatic rings. The minimum absolute atomic E-state index is 0.316. The Morgan fingerprint density at radius 1 is 0.917 bits per heavy atom. The summed E-state index contributed by atoms with van der Waals surface area (Å²) in [5.41, 5.74) is 4.39. The van der Waals surface area contributed by atoms with Gasteiger partial charge in [-0.15, -0.1) is 0 Å². The summed E-state index contributed by atoms with van der Waals surface area (Å²) in [7, 11) is 0. The predicted octanol–water partition coefficient (Wildman–Crippen LogP) is 3.01. The molecule has 1 rings (SSSR count). The molecule has 0 aromatic heterocycles. The highest BCUT2D eigenvalue weighted by atomic mass is 16.6. The molecule has 0 bridgehead atoms. The number of nitrogens with zero attached hydrogens (tertiary/aromatic N) is 2. The molecule has 0 aromatic carbocycles. The van der Waals surface area contributed by atoms with Gasteiger partial charge in [0, 0.05) is 6.42 Å². The van der Waals surface area contributed by atoms with E-state index in [1.54, 1.807) is 0 Å². The molecule has 0 saturated carbocycles. The zero-order chi connectivity index (χ0) is 18.6. The molecule has 1 heterocycles. The molecule has 1 aliphatic rings. The Bertz CT molecular complexity index is 478. The first-order valence-electron chi connectivity index (χ1n) is 8.57. The fourth-order valence-corrected chi connectivity index (χ4v) is 3.21. The van der Waals surface area contributed by atoms with Crippen LogP contribution in [0.25, 0.3) is 0 Å². The highest BCUT2D eigenvalue weighted by Gasteiger charge is 2.36. The van der Waals surface area contributed by atoms with Crippen molar-refractivity contribution < 1.29 is 14.2 Å². The molecule has 1 aliphatic heterocycles. The lowest BCUT2D eigenvalue weighted by atomic mass is 9.91. The predicted molar refractivity (Wildman–Crippen MR) is 96.6 cm³/mol. The molecule has 0 aliphatic carbocycles. The van der Waals surface area contributed by atoms with Gasteiger partial charge in [-0.3, -0.25) is 0 Å². The van der Waals surface area contributed by atoms with Crippen LogP contribution in [0.2, 0.25) is 0 Å². The van der Waals surface area contributed by atoms with Gasteiger partial charge in [0.25, 0.3) is 0 Å². The van der Waals surface area contributed by atoms with Crippen molar-refractivity contribution in [1.82, 2.24) is 0 Å². The van der Waals surface area contributed by atoms with Crippen LogP contribution in [-0.4, -0.2) is 54.3 Å². The number of hydrogen-bond donors (Lipinski definition) is 1. The summed E-state index contributed by atoms with van der Waals surface area (Å²) in [6.45, 7) is 17.4. The molecule has 0 radical (unpaired) electrons. The second kappa shape index (κ2) is 7.63. The molecule has 0 fully saturated rings. The Morgan fingerprint density at radius 3 is 2.17 bits per heavy atom. The van der Waals surface area contributed by atoms with Gasteiger partial charge in [-0.05, 0) is 55.4 Å². The first-order valence-corrected chi connectivity index (χ1v) is 8.57. The van der Waals surface area contributed by atoms with Gasteiger partial charge in [-0.2, -0.15) is 0 Å². The van der Waals surface area contributed by atoms with Crippen molar-refractivity contribution in [2.45, 2.75) is 90.4 Å². The number of hydrogen-bond acceptors (Lipinski definition) is 6. The molecule has 6 nitrogen and oxygen atoms in total. The van der Waals surface area contributed by atoms with Crippen LogP contribution < -0.4 is 5.73 Å². The van der Waals surface area contributed by atoms with Gasteiger partial charge in [-0.1, -0.05) is 0 Å². The van der Waals surface area contributed by atoms with E-state index in [0.29, 0.717) is 26.2 Å². The summed E-state index contributed by atoms with van der Waals surface area (Å²) in [6.07, 6.45) is 0.191. The third kappa shape index (κ3) is 8.36. The van der Waals surface area contributed by atoms with E-state index < -0.39 is 23.0 Å². The van der Waals surface area contributed by atoms with Crippen LogP contribution in [0.1, 0.15) is 61.8 Å². The molecule has 0 spiro atoms. The summed E-state index contributed by atoms with van der Waals surface area (Å²) in [5, 5.41) is 0. The topological polar surface area (TPSA) is 78.4 Å². The normalized spacial score (nSPS) is 30.3. The molecular weight excluding hydrogens is 306 g/mol. The highest BCUT2D eigenvalue weighted by Crippen LogP contribution is 2.31. The van der Waals surface area contributed by atoms with E-state index in [9.17, 15) is 0 Å². The lowest BCUT2D eigenvalue weighted by molar-refractivity contribution is -0.183. The molecule has 2 N–H and O–H groups in total. The Morgan fingerprint density at radius 2 is 1.54 bits per heavy atom. The number of rotatable bonds is 0. The van der Waals surface area contributed by atoms with Crippen LogP contribution >= 0.6 is 0 Å². The van der Waals surface area contributed by atoms with Crippen molar-refractivity contribution in [2.24, 2.45) is 15.7 Å². The third-order valence-corrected chi connectivity index (χ3v) is 3.47. The van der Waals surface area contributed by atoms with Gasteiger partial charge in [-0.25, -0.2) is 9.98 Å². The van der Waals surface area contributed by atoms with Crippen LogP contribution in [0, 0.1) is 0 Å². The lowest BCUT2D eigenvalue weighted by Gasteiger charge is -2.41. The molecular formula is C18H35N3O3. The Balaban J connectivity index is 3.00. The maximum atomic E-state index is 6.32. The number of nitrogens with two attached hydrogens (primary N) is 1. The van der Waals surface area contributed by atoms with Crippen molar-refractivity contribution >= 4 is 6.01 Å². The Hall–Kier alpha value is -0.780. The van der Waals surface area contributed by atoms with E-state index in [0.717, 1.165) is 0 Å². The van der Waals surface area contributed by atoms with Gasteiger partial charge in [0.15, 0.2) is 0 Å². The van der Waals surface area contributed by atoms with Crippen molar-refractivity contribution in [1.29, 1.82) is 0 Å². The summed E-state index contributed by atoms with van der Waals surface area (Å²) < 4.78 is 18.1. The van der Waals surface area contributed by atoms with E-state index >= 15 is 0 Å². The van der Waals surface area contributed by atoms with Crippen LogP contribution in [-0.2, 0) is 14.2 Å². The minimum Gasteiger partial charge on any atom is -0.376 e. The Labute approximate surface area is 146 Å². The molecule has 1 atom stereocenters. The van der Waals surface area contributed by atoms with Crippen molar-refractivity contribution in [2.75, 3.05) is 19.8 Å². The van der Waals surface area contributed by atoms with Gasteiger partial charge in [0.05, 0.1) is 48.1 Å². The second-order valence-corrected chi connectivity index (χ2v) is 9.07. The summed E-state index contributed by atoms with van der Waals surface area (Å²) in [4.78, 5) is 8.46. The van der Waals surface area contributed by atoms with Gasteiger partial charge in [0.1, 0.15) is 6.23 Å². The van der Waals surface area contributed by atoms with E-state index in [4.69, 9.17) is 19.9 Å². The monoisotopic (exact) mass is 341 g/mol. The lowest BCUT2D eigenvalue weighted by Crippen LogP contribution is -2.47. The first-order chi connectivity index (χ1) is 10.7. The standard InChI is InChI=1S/C18H35N3O3/c1-15(2)11-22-12-18(7,8)24-17(5,6)10-16(3,4)23-14(19)9-20-13-21-15/h14H,9-12,19H2,1-8H3. The van der Waals surface area contributed by atoms with Crippen molar-refractivity contribution in [3.63, 3.8) is 0 Å². The van der Waals surface area contributed by atoms with Gasteiger partial charge < -0.3 is 19.9 Å². The average molecular weight is 341 g/mol. The van der Waals surface area contributed by atoms with Gasteiger partial charge in [0.2, 0.25) is 0 Å². The number of ether oxygens (including phenoxy) is 3. The average Bonchev–Trinajstić information content (AvgIpc) is 2.29. The quantitative estimate of drug-likeness (QED) is 0.734. The van der Waals surface area contributed by atoms with Crippen molar-refractivity contribution in [3.8, 4) is 0 Å². The SMILES string of the molecule is CC1(C)COCC(C)(C)OC(C)(C)CC(C)(C)OC(N)CN=C=N1. The highest BCUT2D eigenvalue weighted by molar-refractivity contribution is 5.42. The van der Waals surface area contributed by atoms with Crippen LogP contribution in [0.3, 0.4) is 0 Å². The molecule has 0 amide bonds.